The molecule has 0 radical (unpaired) electrons. The molecule has 1 aliphatic carbocycles. The van der Waals surface area contributed by atoms with Gasteiger partial charge in [-0.2, -0.15) is 0 Å². The fraction of sp³-hybridized carbons (Fsp3) is 0.600. The topological polar surface area (TPSA) is 15.4 Å². The number of para-hydroxylation sites is 1. The summed E-state index contributed by atoms with van der Waals surface area (Å²) in [6, 6.07) is 10.5. The summed E-state index contributed by atoms with van der Waals surface area (Å²) in [5.74, 6) is 0.720. The highest BCUT2D eigenvalue weighted by molar-refractivity contribution is 5.28. The summed E-state index contributed by atoms with van der Waals surface area (Å²) in [5.41, 5.74) is 1.87. The number of fused-ring (bicyclic) bond motifs is 1. The zero-order chi connectivity index (χ0) is 12.1. The molecule has 2 aliphatic rings. The number of azo groups is 2. The summed E-state index contributed by atoms with van der Waals surface area (Å²) in [4.78, 5) is 0. The first-order chi connectivity index (χ1) is 7.99. The van der Waals surface area contributed by atoms with Gasteiger partial charge in [0.15, 0.2) is 6.54 Å². The molecule has 0 amide bonds. The second-order valence-electron chi connectivity index (χ2n) is 6.62. The summed E-state index contributed by atoms with van der Waals surface area (Å²) >= 11 is 0. The van der Waals surface area contributed by atoms with Crippen molar-refractivity contribution in [1.82, 2.24) is 0 Å². The molecular formula is C15H21N2+. The standard InChI is InChI=1S/C15H21N2/c1-14(2)9-12-10-17(16-15(12,3)11-14)13-7-5-4-6-8-13/h4-8,12H,9-11H2,1-3H3/q+1/t12-,15+/m1/s1. The van der Waals surface area contributed by atoms with Crippen molar-refractivity contribution in [2.24, 2.45) is 16.4 Å². The predicted octanol–water partition coefficient (Wildman–Crippen LogP) is 3.99. The Morgan fingerprint density at radius 1 is 1.18 bits per heavy atom. The lowest BCUT2D eigenvalue weighted by Crippen LogP contribution is -2.24. The summed E-state index contributed by atoms with van der Waals surface area (Å²) in [5, 5.41) is 4.98. The largest absolute Gasteiger partial charge is 0.231 e. The highest BCUT2D eigenvalue weighted by atomic mass is 15.3. The molecule has 90 valence electrons. The normalized spacial score (nSPS) is 34.5. The quantitative estimate of drug-likeness (QED) is 0.647. The lowest BCUT2D eigenvalue weighted by atomic mass is 9.89. The Morgan fingerprint density at radius 2 is 1.88 bits per heavy atom. The van der Waals surface area contributed by atoms with E-state index in [2.05, 4.69) is 55.8 Å². The van der Waals surface area contributed by atoms with Crippen LogP contribution < -0.4 is 0 Å². The van der Waals surface area contributed by atoms with E-state index in [1.807, 2.05) is 0 Å². The van der Waals surface area contributed by atoms with Gasteiger partial charge in [0.05, 0.1) is 5.92 Å². The van der Waals surface area contributed by atoms with E-state index in [-0.39, 0.29) is 5.54 Å². The molecule has 3 rings (SSSR count). The van der Waals surface area contributed by atoms with Gasteiger partial charge in [-0.05, 0) is 30.3 Å². The van der Waals surface area contributed by atoms with E-state index < -0.39 is 0 Å². The Labute approximate surface area is 103 Å². The SMILES string of the molecule is CC1(C)C[C@@H]2C[N+](c3ccccc3)=N[C@@]2(C)C1. The Morgan fingerprint density at radius 3 is 2.53 bits per heavy atom. The van der Waals surface area contributed by atoms with E-state index in [1.54, 1.807) is 0 Å². The van der Waals surface area contributed by atoms with Crippen molar-refractivity contribution in [3.05, 3.63) is 30.3 Å². The van der Waals surface area contributed by atoms with Crippen LogP contribution in [0.15, 0.2) is 35.4 Å². The van der Waals surface area contributed by atoms with Crippen molar-refractivity contribution in [3.63, 3.8) is 0 Å². The number of hydrogen-bond donors (Lipinski definition) is 0. The van der Waals surface area contributed by atoms with Gasteiger partial charge in [-0.3, -0.25) is 0 Å². The highest BCUT2D eigenvalue weighted by Gasteiger charge is 2.56. The van der Waals surface area contributed by atoms with Crippen molar-refractivity contribution in [1.29, 1.82) is 0 Å². The van der Waals surface area contributed by atoms with Crippen LogP contribution in [-0.2, 0) is 0 Å². The van der Waals surface area contributed by atoms with Crippen molar-refractivity contribution in [2.45, 2.75) is 39.2 Å². The van der Waals surface area contributed by atoms with Gasteiger partial charge in [0, 0.05) is 12.1 Å². The van der Waals surface area contributed by atoms with Gasteiger partial charge in [-0.15, -0.1) is 0 Å². The van der Waals surface area contributed by atoms with Crippen LogP contribution in [0.5, 0.6) is 0 Å². The molecule has 0 aromatic heterocycles. The van der Waals surface area contributed by atoms with Crippen LogP contribution in [0, 0.1) is 11.3 Å². The van der Waals surface area contributed by atoms with Crippen molar-refractivity contribution < 1.29 is 4.70 Å². The molecule has 1 heterocycles. The molecule has 17 heavy (non-hydrogen) atoms. The molecule has 2 heteroatoms. The molecule has 1 aliphatic heterocycles. The maximum atomic E-state index is 4.98. The minimum atomic E-state index is 0.166. The Balaban J connectivity index is 1.92. The number of nitrogens with zero attached hydrogens (tertiary/aromatic N) is 2. The molecule has 0 unspecified atom stereocenters. The average molecular weight is 229 g/mol. The van der Waals surface area contributed by atoms with Gasteiger partial charge in [-0.25, -0.2) is 0 Å². The second-order valence-corrected chi connectivity index (χ2v) is 6.62. The second kappa shape index (κ2) is 3.41. The zero-order valence-electron chi connectivity index (χ0n) is 11.0. The van der Waals surface area contributed by atoms with Gasteiger partial charge in [0.1, 0.15) is 5.54 Å². The molecule has 0 bridgehead atoms. The zero-order valence-corrected chi connectivity index (χ0v) is 11.0. The smallest absolute Gasteiger partial charge is 0.0881 e. The van der Waals surface area contributed by atoms with Gasteiger partial charge < -0.3 is 0 Å². The fourth-order valence-electron chi connectivity index (χ4n) is 3.74. The van der Waals surface area contributed by atoms with E-state index in [0.29, 0.717) is 5.41 Å². The van der Waals surface area contributed by atoms with E-state index in [1.165, 1.54) is 18.5 Å². The van der Waals surface area contributed by atoms with Crippen molar-refractivity contribution >= 4 is 5.69 Å². The summed E-state index contributed by atoms with van der Waals surface area (Å²) in [7, 11) is 0. The Bertz CT molecular complexity index is 461. The van der Waals surface area contributed by atoms with Crippen molar-refractivity contribution in [2.75, 3.05) is 6.54 Å². The first-order valence-electron chi connectivity index (χ1n) is 6.54. The van der Waals surface area contributed by atoms with E-state index in [9.17, 15) is 0 Å². The Kier molecular flexibility index (Phi) is 2.19. The van der Waals surface area contributed by atoms with Crippen LogP contribution in [0.1, 0.15) is 33.6 Å². The molecule has 0 N–H and O–H groups in total. The van der Waals surface area contributed by atoms with Crippen LogP contribution in [0.2, 0.25) is 0 Å². The van der Waals surface area contributed by atoms with Gasteiger partial charge >= 0.3 is 0 Å². The number of hydrogen-bond acceptors (Lipinski definition) is 1. The Hall–Kier alpha value is -1.18. The van der Waals surface area contributed by atoms with Crippen LogP contribution in [0.25, 0.3) is 0 Å². The predicted molar refractivity (Wildman–Crippen MR) is 68.6 cm³/mol. The molecular weight excluding hydrogens is 208 g/mol. The molecule has 1 fully saturated rings. The van der Waals surface area contributed by atoms with Gasteiger partial charge in [0.2, 0.25) is 5.69 Å². The maximum absolute atomic E-state index is 4.98. The van der Waals surface area contributed by atoms with Crippen LogP contribution >= 0.6 is 0 Å². The van der Waals surface area contributed by atoms with E-state index in [0.717, 1.165) is 12.5 Å². The van der Waals surface area contributed by atoms with E-state index in [4.69, 9.17) is 5.11 Å². The lowest BCUT2D eigenvalue weighted by Gasteiger charge is -2.18. The highest BCUT2D eigenvalue weighted by Crippen LogP contribution is 2.52. The maximum Gasteiger partial charge on any atom is 0.231 e. The van der Waals surface area contributed by atoms with Crippen LogP contribution in [0.4, 0.5) is 5.69 Å². The third kappa shape index (κ3) is 1.80. The summed E-state index contributed by atoms with van der Waals surface area (Å²) in [6.07, 6.45) is 2.52. The van der Waals surface area contributed by atoms with E-state index >= 15 is 0 Å². The molecule has 0 spiro atoms. The molecule has 1 aromatic carbocycles. The number of benzene rings is 1. The summed E-state index contributed by atoms with van der Waals surface area (Å²) < 4.78 is 2.21. The van der Waals surface area contributed by atoms with Gasteiger partial charge in [-0.1, -0.05) is 36.7 Å². The third-order valence-corrected chi connectivity index (χ3v) is 4.31. The lowest BCUT2D eigenvalue weighted by molar-refractivity contribution is -0.504. The minimum Gasteiger partial charge on any atom is -0.0881 e. The molecule has 2 atom stereocenters. The van der Waals surface area contributed by atoms with Crippen molar-refractivity contribution in [3.8, 4) is 0 Å². The first kappa shape index (κ1) is 10.9. The third-order valence-electron chi connectivity index (χ3n) is 4.31. The molecule has 1 aromatic rings. The molecule has 1 saturated carbocycles. The number of rotatable bonds is 1. The summed E-state index contributed by atoms with van der Waals surface area (Å²) in [6.45, 7) is 8.16. The van der Waals surface area contributed by atoms with Crippen LogP contribution in [-0.4, -0.2) is 16.8 Å². The van der Waals surface area contributed by atoms with Crippen LogP contribution in [0.3, 0.4) is 0 Å². The minimum absolute atomic E-state index is 0.166. The average Bonchev–Trinajstić information content (AvgIpc) is 2.66. The molecule has 2 nitrogen and oxygen atoms in total. The van der Waals surface area contributed by atoms with Gasteiger partial charge in [0.25, 0.3) is 0 Å². The fourth-order valence-corrected chi connectivity index (χ4v) is 3.74. The molecule has 0 saturated heterocycles. The first-order valence-corrected chi connectivity index (χ1v) is 6.54. The monoisotopic (exact) mass is 229 g/mol.